The van der Waals surface area contributed by atoms with Crippen molar-refractivity contribution in [2.24, 2.45) is 0 Å². The number of aliphatic hydroxyl groups excluding tert-OH is 1. The third-order valence-electron chi connectivity index (χ3n) is 7.35. The molecule has 0 aromatic carbocycles. The summed E-state index contributed by atoms with van der Waals surface area (Å²) in [6, 6.07) is 0. The van der Waals surface area contributed by atoms with E-state index in [1.165, 1.54) is 64.2 Å². The van der Waals surface area contributed by atoms with Gasteiger partial charge in [0.2, 0.25) is 0 Å². The third-order valence-corrected chi connectivity index (χ3v) is 11.9. The molecule has 1 N–H and O–H groups in total. The summed E-state index contributed by atoms with van der Waals surface area (Å²) in [6.07, 6.45) is 21.5. The lowest BCUT2D eigenvalue weighted by Crippen LogP contribution is -2.51. The molecule has 0 aromatic rings. The van der Waals surface area contributed by atoms with Crippen LogP contribution in [0.2, 0.25) is 18.1 Å². The predicted molar refractivity (Wildman–Crippen MR) is 136 cm³/mol. The summed E-state index contributed by atoms with van der Waals surface area (Å²) in [5, 5.41) is 10.6. The fourth-order valence-electron chi connectivity index (χ4n) is 4.21. The van der Waals surface area contributed by atoms with Gasteiger partial charge in [0.1, 0.15) is 0 Å². The summed E-state index contributed by atoms with van der Waals surface area (Å²) in [6.45, 7) is 13.8. The van der Waals surface area contributed by atoms with Gasteiger partial charge in [-0.2, -0.15) is 0 Å². The van der Waals surface area contributed by atoms with Gasteiger partial charge in [0.05, 0.1) is 24.4 Å². The van der Waals surface area contributed by atoms with Crippen LogP contribution in [0.1, 0.15) is 118 Å². The first-order valence-corrected chi connectivity index (χ1v) is 16.0. The Morgan fingerprint density at radius 1 is 1.00 bits per heavy atom. The van der Waals surface area contributed by atoms with Crippen LogP contribution in [0.4, 0.5) is 0 Å². The maximum absolute atomic E-state index is 10.4. The van der Waals surface area contributed by atoms with Gasteiger partial charge >= 0.3 is 0 Å². The lowest BCUT2D eigenvalue weighted by atomic mass is 9.94. The molecule has 1 aliphatic rings. The van der Waals surface area contributed by atoms with Gasteiger partial charge in [-0.3, -0.25) is 0 Å². The van der Waals surface area contributed by atoms with E-state index in [4.69, 9.17) is 15.6 Å². The number of hydrogen-bond donors (Lipinski definition) is 1. The van der Waals surface area contributed by atoms with Crippen molar-refractivity contribution in [3.05, 3.63) is 0 Å². The average Bonchev–Trinajstić information content (AvgIpc) is 2.69. The monoisotopic (exact) mass is 452 g/mol. The van der Waals surface area contributed by atoms with E-state index >= 15 is 0 Å². The molecular weight excluding hydrogens is 400 g/mol. The maximum atomic E-state index is 10.4. The average molecular weight is 453 g/mol. The number of hydrogen-bond acceptors (Lipinski definition) is 3. The van der Waals surface area contributed by atoms with Gasteiger partial charge in [0, 0.05) is 6.42 Å². The fourth-order valence-corrected chi connectivity index (χ4v) is 5.59. The molecule has 1 rings (SSSR count). The van der Waals surface area contributed by atoms with E-state index in [1.54, 1.807) is 0 Å². The Bertz CT molecular complexity index is 506. The molecule has 3 nitrogen and oxygen atoms in total. The molecule has 0 spiro atoms. The van der Waals surface area contributed by atoms with Crippen LogP contribution in [0.15, 0.2) is 0 Å². The van der Waals surface area contributed by atoms with E-state index in [-0.39, 0.29) is 23.4 Å². The molecule has 0 unspecified atom stereocenters. The van der Waals surface area contributed by atoms with E-state index < -0.39 is 14.4 Å². The van der Waals surface area contributed by atoms with Crippen molar-refractivity contribution in [2.45, 2.75) is 160 Å². The molecule has 0 radical (unpaired) electrons. The molecule has 0 aliphatic carbocycles. The van der Waals surface area contributed by atoms with Gasteiger partial charge in [-0.05, 0) is 37.4 Å². The quantitative estimate of drug-likeness (QED) is 0.158. The lowest BCUT2D eigenvalue weighted by molar-refractivity contribution is -0.149. The molecule has 1 heterocycles. The lowest BCUT2D eigenvalue weighted by Gasteiger charge is -2.45. The topological polar surface area (TPSA) is 38.7 Å². The van der Waals surface area contributed by atoms with Crippen LogP contribution in [-0.4, -0.2) is 37.8 Å². The van der Waals surface area contributed by atoms with Crippen molar-refractivity contribution >= 4 is 8.32 Å². The minimum Gasteiger partial charge on any atom is -0.411 e. The molecular formula is C27H52O3Si. The molecule has 1 aliphatic heterocycles. The van der Waals surface area contributed by atoms with Gasteiger partial charge < -0.3 is 14.3 Å². The van der Waals surface area contributed by atoms with E-state index in [0.717, 1.165) is 19.3 Å². The molecule has 31 heavy (non-hydrogen) atoms. The molecule has 1 saturated heterocycles. The Morgan fingerprint density at radius 3 is 2.06 bits per heavy atom. The van der Waals surface area contributed by atoms with Crippen LogP contribution in [0, 0.1) is 12.3 Å². The van der Waals surface area contributed by atoms with Crippen molar-refractivity contribution in [3.63, 3.8) is 0 Å². The Labute approximate surface area is 195 Å². The zero-order valence-corrected chi connectivity index (χ0v) is 22.5. The third kappa shape index (κ3) is 10.9. The standard InChI is InChI=1S/C27H52O3Si/c1-8-10-11-12-13-14-15-16-17-18-20-25-26(30-31(6,7)27(3,4)5)22-21-24(29-25)23(28)19-9-2/h2,23-26,28H,8,10-22H2,1,3-7H3/t23-,24-,25-,26-/m1/s1. The molecule has 1 fully saturated rings. The van der Waals surface area contributed by atoms with Crippen LogP contribution >= 0.6 is 0 Å². The van der Waals surface area contributed by atoms with E-state index in [0.29, 0.717) is 6.42 Å². The van der Waals surface area contributed by atoms with E-state index in [9.17, 15) is 5.11 Å². The first-order valence-electron chi connectivity index (χ1n) is 13.1. The first-order chi connectivity index (χ1) is 14.6. The Morgan fingerprint density at radius 2 is 1.55 bits per heavy atom. The Hall–Kier alpha value is -0.343. The number of ether oxygens (including phenoxy) is 1. The number of terminal acetylenes is 1. The van der Waals surface area contributed by atoms with Gasteiger partial charge in [-0.25, -0.2) is 0 Å². The largest absolute Gasteiger partial charge is 0.411 e. The van der Waals surface area contributed by atoms with Gasteiger partial charge in [0.25, 0.3) is 0 Å². The van der Waals surface area contributed by atoms with Crippen LogP contribution in [0.5, 0.6) is 0 Å². The summed E-state index contributed by atoms with van der Waals surface area (Å²) in [5.41, 5.74) is 0. The summed E-state index contributed by atoms with van der Waals surface area (Å²) >= 11 is 0. The highest BCUT2D eigenvalue weighted by atomic mass is 28.4. The summed E-state index contributed by atoms with van der Waals surface area (Å²) in [4.78, 5) is 0. The smallest absolute Gasteiger partial charge is 0.192 e. The second-order valence-corrected chi connectivity index (χ2v) is 15.9. The maximum Gasteiger partial charge on any atom is 0.192 e. The van der Waals surface area contributed by atoms with Crippen molar-refractivity contribution in [1.82, 2.24) is 0 Å². The molecule has 182 valence electrons. The van der Waals surface area contributed by atoms with Gasteiger partial charge in [-0.1, -0.05) is 91.9 Å². The zero-order chi connectivity index (χ0) is 23.3. The molecule has 0 aromatic heterocycles. The van der Waals surface area contributed by atoms with Crippen LogP contribution in [0.25, 0.3) is 0 Å². The number of rotatable bonds is 15. The predicted octanol–water partition coefficient (Wildman–Crippen LogP) is 7.62. The summed E-state index contributed by atoms with van der Waals surface area (Å²) in [7, 11) is -1.85. The molecule has 4 atom stereocenters. The second-order valence-electron chi connectivity index (χ2n) is 11.2. The number of aliphatic hydroxyl groups is 1. The Kier molecular flexibility index (Phi) is 13.6. The number of unbranched alkanes of at least 4 members (excludes halogenated alkanes) is 9. The van der Waals surface area contributed by atoms with Crippen LogP contribution < -0.4 is 0 Å². The summed E-state index contributed by atoms with van der Waals surface area (Å²) in [5.74, 6) is 2.58. The second kappa shape index (κ2) is 14.7. The van der Waals surface area contributed by atoms with Crippen molar-refractivity contribution < 1.29 is 14.3 Å². The molecule has 0 bridgehead atoms. The van der Waals surface area contributed by atoms with E-state index in [1.807, 2.05) is 0 Å². The fraction of sp³-hybridized carbons (Fsp3) is 0.926. The highest BCUT2D eigenvalue weighted by Gasteiger charge is 2.43. The van der Waals surface area contributed by atoms with Crippen molar-refractivity contribution in [3.8, 4) is 12.3 Å². The summed E-state index contributed by atoms with van der Waals surface area (Å²) < 4.78 is 13.2. The molecule has 0 saturated carbocycles. The molecule has 4 heteroatoms. The zero-order valence-electron chi connectivity index (χ0n) is 21.5. The van der Waals surface area contributed by atoms with Crippen LogP contribution in [0.3, 0.4) is 0 Å². The first kappa shape index (κ1) is 28.7. The van der Waals surface area contributed by atoms with Crippen molar-refractivity contribution in [2.75, 3.05) is 0 Å². The Balaban J connectivity index is 2.49. The van der Waals surface area contributed by atoms with Crippen LogP contribution in [-0.2, 0) is 9.16 Å². The SMILES string of the molecule is C#CC[C@@H](O)[C@H]1CC[C@@H](O[Si](C)(C)C(C)(C)C)[C@@H](CCCCCCCCCCCC)O1. The highest BCUT2D eigenvalue weighted by Crippen LogP contribution is 2.40. The normalized spacial score (nSPS) is 23.5. The van der Waals surface area contributed by atoms with Gasteiger partial charge in [0.15, 0.2) is 8.32 Å². The molecule has 0 amide bonds. The minimum atomic E-state index is -1.85. The highest BCUT2D eigenvalue weighted by molar-refractivity contribution is 6.74. The van der Waals surface area contributed by atoms with Gasteiger partial charge in [-0.15, -0.1) is 12.3 Å². The van der Waals surface area contributed by atoms with Crippen molar-refractivity contribution in [1.29, 1.82) is 0 Å². The minimum absolute atomic E-state index is 0.0781. The van der Waals surface area contributed by atoms with E-state index in [2.05, 4.69) is 46.7 Å².